The third-order valence-electron chi connectivity index (χ3n) is 4.84. The molecule has 0 saturated carbocycles. The molecule has 0 radical (unpaired) electrons. The third-order valence-corrected chi connectivity index (χ3v) is 5.96. The number of hydrogen-bond donors (Lipinski definition) is 2. The summed E-state index contributed by atoms with van der Waals surface area (Å²) in [6.45, 7) is 7.78. The predicted octanol–water partition coefficient (Wildman–Crippen LogP) is 1.02. The van der Waals surface area contributed by atoms with Crippen molar-refractivity contribution < 1.29 is 15.2 Å². The van der Waals surface area contributed by atoms with E-state index in [0.29, 0.717) is 13.2 Å². The summed E-state index contributed by atoms with van der Waals surface area (Å²) >= 11 is 1.69. The number of nitrogens with zero attached hydrogens (tertiary/aromatic N) is 4. The number of hydrogen-bond acceptors (Lipinski definition) is 6. The maximum absolute atomic E-state index is 9.34. The normalized spacial score (nSPS) is 17.9. The predicted molar refractivity (Wildman–Crippen MR) is 95.5 cm³/mol. The molecule has 1 aliphatic rings. The van der Waals surface area contributed by atoms with Crippen LogP contribution in [0.25, 0.3) is 15.9 Å². The van der Waals surface area contributed by atoms with E-state index in [2.05, 4.69) is 36.2 Å². The fourth-order valence-corrected chi connectivity index (χ4v) is 4.38. The van der Waals surface area contributed by atoms with Crippen molar-refractivity contribution in [2.24, 2.45) is 0 Å². The Kier molecular flexibility index (Phi) is 4.23. The van der Waals surface area contributed by atoms with E-state index in [0.717, 1.165) is 34.5 Å². The molecule has 0 spiro atoms. The summed E-state index contributed by atoms with van der Waals surface area (Å²) in [6, 6.07) is 0.191. The molecule has 1 aliphatic heterocycles. The molecule has 0 amide bonds. The Balaban J connectivity index is 1.75. The summed E-state index contributed by atoms with van der Waals surface area (Å²) in [5, 5.41) is 17.1. The highest BCUT2D eigenvalue weighted by Gasteiger charge is 2.30. The van der Waals surface area contributed by atoms with Crippen molar-refractivity contribution in [3.05, 3.63) is 22.6 Å². The highest BCUT2D eigenvalue weighted by atomic mass is 32.1. The minimum Gasteiger partial charge on any atom is -0.390 e. The summed E-state index contributed by atoms with van der Waals surface area (Å²) in [7, 11) is 0. The monoisotopic (exact) mass is 362 g/mol. The Morgan fingerprint density at radius 2 is 2.32 bits per heavy atom. The molecule has 0 aromatic carbocycles. The number of nitrogens with two attached hydrogens (primary N) is 1. The van der Waals surface area contributed by atoms with Crippen molar-refractivity contribution in [3.8, 4) is 0 Å². The first kappa shape index (κ1) is 16.8. The van der Waals surface area contributed by atoms with E-state index in [-0.39, 0.29) is 18.2 Å². The quantitative estimate of drug-likeness (QED) is 0.707. The van der Waals surface area contributed by atoms with Gasteiger partial charge in [0.05, 0.1) is 24.2 Å². The number of fused-ring (bicyclic) bond motifs is 5. The second-order valence-electron chi connectivity index (χ2n) is 7.24. The fourth-order valence-electron chi connectivity index (χ4n) is 3.32. The Labute approximate surface area is 150 Å². The van der Waals surface area contributed by atoms with Gasteiger partial charge in [-0.05, 0) is 25.8 Å². The van der Waals surface area contributed by atoms with Crippen molar-refractivity contribution in [2.45, 2.75) is 58.4 Å². The van der Waals surface area contributed by atoms with E-state index in [1.807, 2.05) is 0 Å². The molecule has 4 rings (SSSR count). The van der Waals surface area contributed by atoms with Crippen LogP contribution in [0.4, 0.5) is 0 Å². The summed E-state index contributed by atoms with van der Waals surface area (Å²) < 4.78 is 7.72. The largest absolute Gasteiger partial charge is 0.390 e. The maximum Gasteiger partial charge on any atom is 0.206 e. The van der Waals surface area contributed by atoms with E-state index in [1.165, 1.54) is 10.4 Å². The molecule has 0 aliphatic carbocycles. The molecule has 25 heavy (non-hydrogen) atoms. The van der Waals surface area contributed by atoms with Gasteiger partial charge in [-0.2, -0.15) is 0 Å². The second-order valence-corrected chi connectivity index (χ2v) is 8.32. The van der Waals surface area contributed by atoms with Crippen LogP contribution in [0, 0.1) is 0 Å². The number of quaternary nitrogens is 1. The van der Waals surface area contributed by atoms with Crippen LogP contribution in [0.15, 0.2) is 6.33 Å². The molecular weight excluding hydrogens is 338 g/mol. The summed E-state index contributed by atoms with van der Waals surface area (Å²) in [6.07, 6.45) is 3.52. The number of thiophene rings is 1. The average molecular weight is 362 g/mol. The first-order chi connectivity index (χ1) is 12.0. The molecule has 0 bridgehead atoms. The van der Waals surface area contributed by atoms with Gasteiger partial charge in [-0.25, -0.2) is 14.5 Å². The smallest absolute Gasteiger partial charge is 0.206 e. The van der Waals surface area contributed by atoms with E-state index in [4.69, 9.17) is 9.72 Å². The Morgan fingerprint density at radius 3 is 3.08 bits per heavy atom. The van der Waals surface area contributed by atoms with Gasteiger partial charge in [0.15, 0.2) is 5.65 Å². The number of aliphatic hydroxyl groups excluding tert-OH is 1. The molecule has 0 saturated heterocycles. The topological polar surface area (TPSA) is 89.2 Å². The zero-order valence-corrected chi connectivity index (χ0v) is 15.6. The minimum atomic E-state index is -0.167. The zero-order chi connectivity index (χ0) is 17.6. The Bertz CT molecular complexity index is 913. The second kappa shape index (κ2) is 6.28. The molecule has 7 nitrogen and oxygen atoms in total. The highest BCUT2D eigenvalue weighted by molar-refractivity contribution is 7.19. The molecule has 0 fully saturated rings. The number of aliphatic hydroxyl groups is 1. The van der Waals surface area contributed by atoms with Gasteiger partial charge in [-0.15, -0.1) is 16.4 Å². The van der Waals surface area contributed by atoms with Crippen molar-refractivity contribution in [1.82, 2.24) is 19.6 Å². The van der Waals surface area contributed by atoms with Crippen molar-refractivity contribution in [2.75, 3.05) is 6.61 Å². The molecule has 8 heteroatoms. The van der Waals surface area contributed by atoms with Gasteiger partial charge in [0.2, 0.25) is 5.82 Å². The lowest BCUT2D eigenvalue weighted by atomic mass is 9.94. The minimum absolute atomic E-state index is 0.167. The zero-order valence-electron chi connectivity index (χ0n) is 14.8. The summed E-state index contributed by atoms with van der Waals surface area (Å²) in [5.41, 5.74) is 2.01. The van der Waals surface area contributed by atoms with Crippen LogP contribution in [0.3, 0.4) is 0 Å². The van der Waals surface area contributed by atoms with Gasteiger partial charge in [-0.3, -0.25) is 0 Å². The Hall–Kier alpha value is -1.61. The standard InChI is InChI=1S/C17H23N5O2S/c1-4-10(7-23)18-6-13-20-15-14-11-5-17(2,3)24-8-12(11)25-16(14)19-9-22(15)21-13/h9-10,18,23H,4-8H2,1-3H3/p+1/t10-/m0/s1. The Morgan fingerprint density at radius 1 is 1.48 bits per heavy atom. The van der Waals surface area contributed by atoms with Gasteiger partial charge >= 0.3 is 0 Å². The van der Waals surface area contributed by atoms with Crippen LogP contribution in [0.5, 0.6) is 0 Å². The average Bonchev–Trinajstić information content (AvgIpc) is 3.15. The van der Waals surface area contributed by atoms with Crippen LogP contribution in [-0.2, 0) is 24.3 Å². The number of aromatic nitrogens is 4. The SMILES string of the molecule is CC[C@@H](CO)[NH2+]Cc1nc2c3c4c(sc3ncn2n1)COC(C)(C)C4. The molecule has 3 aromatic rings. The van der Waals surface area contributed by atoms with E-state index < -0.39 is 0 Å². The van der Waals surface area contributed by atoms with Gasteiger partial charge in [-0.1, -0.05) is 6.92 Å². The molecule has 3 aromatic heterocycles. The van der Waals surface area contributed by atoms with E-state index >= 15 is 0 Å². The third kappa shape index (κ3) is 3.03. The first-order valence-electron chi connectivity index (χ1n) is 8.73. The van der Waals surface area contributed by atoms with E-state index in [1.54, 1.807) is 22.2 Å². The fraction of sp³-hybridized carbons (Fsp3) is 0.588. The lowest BCUT2D eigenvalue weighted by Gasteiger charge is -2.30. The van der Waals surface area contributed by atoms with Crippen molar-refractivity contribution in [1.29, 1.82) is 0 Å². The lowest BCUT2D eigenvalue weighted by molar-refractivity contribution is -0.707. The molecule has 0 unspecified atom stereocenters. The van der Waals surface area contributed by atoms with Crippen LogP contribution < -0.4 is 5.32 Å². The highest BCUT2D eigenvalue weighted by Crippen LogP contribution is 2.39. The summed E-state index contributed by atoms with van der Waals surface area (Å²) in [5.74, 6) is 0.771. The van der Waals surface area contributed by atoms with Gasteiger partial charge in [0.1, 0.15) is 23.7 Å². The summed E-state index contributed by atoms with van der Waals surface area (Å²) in [4.78, 5) is 11.6. The molecular formula is C17H24N5O2S+. The molecule has 134 valence electrons. The number of ether oxygens (including phenoxy) is 1. The van der Waals surface area contributed by atoms with Gasteiger partial charge in [0.25, 0.3) is 0 Å². The van der Waals surface area contributed by atoms with Crippen molar-refractivity contribution >= 4 is 27.2 Å². The first-order valence-corrected chi connectivity index (χ1v) is 9.55. The number of rotatable bonds is 5. The van der Waals surface area contributed by atoms with Gasteiger partial charge in [0, 0.05) is 11.3 Å². The van der Waals surface area contributed by atoms with Crippen LogP contribution in [-0.4, -0.2) is 42.9 Å². The molecule has 4 heterocycles. The maximum atomic E-state index is 9.34. The molecule has 3 N–H and O–H groups in total. The van der Waals surface area contributed by atoms with Gasteiger partial charge < -0.3 is 15.2 Å². The van der Waals surface area contributed by atoms with Crippen LogP contribution in [0.2, 0.25) is 0 Å². The van der Waals surface area contributed by atoms with E-state index in [9.17, 15) is 5.11 Å². The molecule has 1 atom stereocenters. The van der Waals surface area contributed by atoms with Crippen LogP contribution >= 0.6 is 11.3 Å². The lowest BCUT2D eigenvalue weighted by Crippen LogP contribution is -2.89. The van der Waals surface area contributed by atoms with Crippen molar-refractivity contribution in [3.63, 3.8) is 0 Å². The van der Waals surface area contributed by atoms with Crippen LogP contribution in [0.1, 0.15) is 43.5 Å².